The summed E-state index contributed by atoms with van der Waals surface area (Å²) in [5.41, 5.74) is 5.88. The minimum Gasteiger partial charge on any atom is -0.316 e. The molecule has 2 rings (SSSR count). The van der Waals surface area contributed by atoms with Crippen molar-refractivity contribution in [2.24, 2.45) is 5.92 Å². The molecule has 0 bridgehead atoms. The van der Waals surface area contributed by atoms with Crippen LogP contribution in [0.15, 0.2) is 12.1 Å². The molecular weight excluding hydrogens is 230 g/mol. The Morgan fingerprint density at radius 1 is 1.05 bits per heavy atom. The molecule has 19 heavy (non-hydrogen) atoms. The van der Waals surface area contributed by atoms with E-state index in [1.807, 2.05) is 0 Å². The molecule has 0 aromatic heterocycles. The first kappa shape index (κ1) is 14.6. The molecular formula is C18H29N. The third-order valence-electron chi connectivity index (χ3n) is 4.85. The fourth-order valence-corrected chi connectivity index (χ4v) is 3.79. The third-order valence-corrected chi connectivity index (χ3v) is 4.85. The molecule has 0 amide bonds. The molecule has 1 nitrogen and oxygen atoms in total. The molecule has 1 unspecified atom stereocenters. The molecule has 0 aliphatic heterocycles. The van der Waals surface area contributed by atoms with Crippen LogP contribution in [0.1, 0.15) is 54.4 Å². The summed E-state index contributed by atoms with van der Waals surface area (Å²) in [4.78, 5) is 0. The highest BCUT2D eigenvalue weighted by molar-refractivity contribution is 5.38. The fourth-order valence-electron chi connectivity index (χ4n) is 3.79. The highest BCUT2D eigenvalue weighted by Crippen LogP contribution is 2.29. The lowest BCUT2D eigenvalue weighted by Gasteiger charge is -2.31. The normalized spacial score (nSPS) is 18.5. The zero-order chi connectivity index (χ0) is 13.8. The van der Waals surface area contributed by atoms with Crippen LogP contribution in [0.4, 0.5) is 0 Å². The summed E-state index contributed by atoms with van der Waals surface area (Å²) in [7, 11) is 2.14. The minimum absolute atomic E-state index is 0.653. The van der Waals surface area contributed by atoms with Crippen LogP contribution in [-0.4, -0.2) is 13.1 Å². The van der Waals surface area contributed by atoms with Crippen LogP contribution in [0.5, 0.6) is 0 Å². The molecule has 0 spiro atoms. The maximum absolute atomic E-state index is 3.59. The number of benzene rings is 1. The number of nitrogens with one attached hydrogen (secondary N) is 1. The Kier molecular flexibility index (Phi) is 5.04. The Labute approximate surface area is 118 Å². The van der Waals surface area contributed by atoms with Crippen molar-refractivity contribution in [3.8, 4) is 0 Å². The van der Waals surface area contributed by atoms with Gasteiger partial charge in [0.05, 0.1) is 0 Å². The lowest BCUT2D eigenvalue weighted by atomic mass is 9.80. The van der Waals surface area contributed by atoms with E-state index in [0.29, 0.717) is 6.04 Å². The van der Waals surface area contributed by atoms with Gasteiger partial charge in [-0.1, -0.05) is 37.0 Å². The molecule has 1 aromatic rings. The minimum atomic E-state index is 0.653. The molecule has 0 saturated heterocycles. The van der Waals surface area contributed by atoms with E-state index in [0.717, 1.165) is 5.92 Å². The van der Waals surface area contributed by atoms with Gasteiger partial charge in [-0.15, -0.1) is 0 Å². The maximum Gasteiger partial charge on any atom is 0.0133 e. The molecule has 1 atom stereocenters. The van der Waals surface area contributed by atoms with Crippen LogP contribution in [0.2, 0.25) is 0 Å². The van der Waals surface area contributed by atoms with E-state index in [2.05, 4.69) is 45.3 Å². The summed E-state index contributed by atoms with van der Waals surface area (Å²) in [6.45, 7) is 6.73. The average Bonchev–Trinajstić information content (AvgIpc) is 2.39. The predicted molar refractivity (Wildman–Crippen MR) is 83.8 cm³/mol. The van der Waals surface area contributed by atoms with Gasteiger partial charge in [0.15, 0.2) is 0 Å². The molecule has 1 aromatic carbocycles. The van der Waals surface area contributed by atoms with E-state index in [1.54, 1.807) is 5.56 Å². The van der Waals surface area contributed by atoms with Gasteiger partial charge in [0.2, 0.25) is 0 Å². The van der Waals surface area contributed by atoms with Gasteiger partial charge in [0.25, 0.3) is 0 Å². The van der Waals surface area contributed by atoms with Gasteiger partial charge in [-0.3, -0.25) is 0 Å². The van der Waals surface area contributed by atoms with Gasteiger partial charge >= 0.3 is 0 Å². The summed E-state index contributed by atoms with van der Waals surface area (Å²) in [6.07, 6.45) is 8.31. The number of aryl methyl sites for hydroxylation is 3. The van der Waals surface area contributed by atoms with Crippen molar-refractivity contribution in [2.45, 2.75) is 65.3 Å². The molecule has 1 aliphatic carbocycles. The van der Waals surface area contributed by atoms with E-state index in [1.165, 1.54) is 55.2 Å². The Morgan fingerprint density at radius 2 is 1.63 bits per heavy atom. The van der Waals surface area contributed by atoms with Crippen molar-refractivity contribution in [2.75, 3.05) is 7.05 Å². The summed E-state index contributed by atoms with van der Waals surface area (Å²) in [5.74, 6) is 0.874. The third kappa shape index (κ3) is 3.60. The average molecular weight is 259 g/mol. The summed E-state index contributed by atoms with van der Waals surface area (Å²) in [6, 6.07) is 5.31. The second kappa shape index (κ2) is 6.56. The molecule has 0 radical (unpaired) electrons. The zero-order valence-electron chi connectivity index (χ0n) is 13.1. The highest BCUT2D eigenvalue weighted by Gasteiger charge is 2.23. The SMILES string of the molecule is CNC(Cc1c(C)cc(C)cc1C)C1CCCCC1. The standard InChI is InChI=1S/C18H29N/c1-13-10-14(2)17(15(3)11-13)12-18(19-4)16-8-6-5-7-9-16/h10-11,16,18-19H,5-9,12H2,1-4H3. The van der Waals surface area contributed by atoms with Crippen LogP contribution < -0.4 is 5.32 Å². The van der Waals surface area contributed by atoms with Crippen molar-refractivity contribution in [1.82, 2.24) is 5.32 Å². The van der Waals surface area contributed by atoms with Crippen molar-refractivity contribution < 1.29 is 0 Å². The summed E-state index contributed by atoms with van der Waals surface area (Å²) in [5, 5.41) is 3.59. The Balaban J connectivity index is 2.13. The lowest BCUT2D eigenvalue weighted by Crippen LogP contribution is -2.37. The fraction of sp³-hybridized carbons (Fsp3) is 0.667. The topological polar surface area (TPSA) is 12.0 Å². The van der Waals surface area contributed by atoms with Gasteiger partial charge in [0, 0.05) is 6.04 Å². The number of hydrogen-bond acceptors (Lipinski definition) is 1. The van der Waals surface area contributed by atoms with Gasteiger partial charge in [-0.2, -0.15) is 0 Å². The first-order valence-corrected chi connectivity index (χ1v) is 7.86. The van der Waals surface area contributed by atoms with Crippen LogP contribution in [0.3, 0.4) is 0 Å². The Bertz CT molecular complexity index is 393. The first-order valence-electron chi connectivity index (χ1n) is 7.86. The molecule has 1 saturated carbocycles. The quantitative estimate of drug-likeness (QED) is 0.849. The zero-order valence-corrected chi connectivity index (χ0v) is 13.1. The van der Waals surface area contributed by atoms with Crippen molar-refractivity contribution in [3.63, 3.8) is 0 Å². The smallest absolute Gasteiger partial charge is 0.0133 e. The van der Waals surface area contributed by atoms with Gasteiger partial charge in [-0.25, -0.2) is 0 Å². The molecule has 1 N–H and O–H groups in total. The van der Waals surface area contributed by atoms with Crippen molar-refractivity contribution in [1.29, 1.82) is 0 Å². The second-order valence-corrected chi connectivity index (χ2v) is 6.37. The molecule has 1 heteroatoms. The van der Waals surface area contributed by atoms with Crippen molar-refractivity contribution >= 4 is 0 Å². The monoisotopic (exact) mass is 259 g/mol. The molecule has 1 fully saturated rings. The number of rotatable bonds is 4. The molecule has 0 heterocycles. The summed E-state index contributed by atoms with van der Waals surface area (Å²) < 4.78 is 0. The molecule has 1 aliphatic rings. The largest absolute Gasteiger partial charge is 0.316 e. The van der Waals surface area contributed by atoms with Gasteiger partial charge in [-0.05, 0) is 69.7 Å². The van der Waals surface area contributed by atoms with Crippen LogP contribution >= 0.6 is 0 Å². The predicted octanol–water partition coefficient (Wildman–Crippen LogP) is 4.32. The van der Waals surface area contributed by atoms with E-state index in [9.17, 15) is 0 Å². The molecule has 106 valence electrons. The number of likely N-dealkylation sites (N-methyl/N-ethyl adjacent to an activating group) is 1. The highest BCUT2D eigenvalue weighted by atomic mass is 14.9. The maximum atomic E-state index is 3.59. The van der Waals surface area contributed by atoms with E-state index in [4.69, 9.17) is 0 Å². The van der Waals surface area contributed by atoms with E-state index < -0.39 is 0 Å². The number of hydrogen-bond donors (Lipinski definition) is 1. The van der Waals surface area contributed by atoms with Crippen LogP contribution in [0, 0.1) is 26.7 Å². The van der Waals surface area contributed by atoms with E-state index >= 15 is 0 Å². The van der Waals surface area contributed by atoms with Crippen molar-refractivity contribution in [3.05, 3.63) is 34.4 Å². The van der Waals surface area contributed by atoms with Gasteiger partial charge in [0.1, 0.15) is 0 Å². The summed E-state index contributed by atoms with van der Waals surface area (Å²) >= 11 is 0. The van der Waals surface area contributed by atoms with Crippen LogP contribution in [-0.2, 0) is 6.42 Å². The van der Waals surface area contributed by atoms with Gasteiger partial charge < -0.3 is 5.32 Å². The first-order chi connectivity index (χ1) is 9.11. The van der Waals surface area contributed by atoms with E-state index in [-0.39, 0.29) is 0 Å². The Hall–Kier alpha value is -0.820. The Morgan fingerprint density at radius 3 is 2.16 bits per heavy atom. The van der Waals surface area contributed by atoms with Crippen LogP contribution in [0.25, 0.3) is 0 Å². The second-order valence-electron chi connectivity index (χ2n) is 6.37. The lowest BCUT2D eigenvalue weighted by molar-refractivity contribution is 0.276.